The zero-order valence-electron chi connectivity index (χ0n) is 16.2. The van der Waals surface area contributed by atoms with Crippen LogP contribution in [0.15, 0.2) is 78.9 Å². The second-order valence-corrected chi connectivity index (χ2v) is 8.05. The summed E-state index contributed by atoms with van der Waals surface area (Å²) in [4.78, 5) is 13.9. The van der Waals surface area contributed by atoms with Crippen molar-refractivity contribution < 1.29 is 9.90 Å². The van der Waals surface area contributed by atoms with Crippen LogP contribution >= 0.6 is 11.6 Å². The number of benzene rings is 3. The number of carbonyl (C=O) groups is 1. The van der Waals surface area contributed by atoms with Crippen molar-refractivity contribution in [1.82, 2.24) is 4.90 Å². The summed E-state index contributed by atoms with van der Waals surface area (Å²) in [5, 5.41) is 10.2. The fraction of sp³-hybridized carbons (Fsp3) is 0.240. The molecule has 1 aliphatic heterocycles. The molecule has 0 bridgehead atoms. The van der Waals surface area contributed by atoms with Crippen molar-refractivity contribution in [3.05, 3.63) is 95.0 Å². The van der Waals surface area contributed by atoms with E-state index in [0.29, 0.717) is 11.6 Å². The molecular weight excluding hydrogens is 382 g/mol. The van der Waals surface area contributed by atoms with Gasteiger partial charge in [-0.05, 0) is 53.8 Å². The Hall–Kier alpha value is -2.62. The van der Waals surface area contributed by atoms with Gasteiger partial charge in [0.15, 0.2) is 0 Å². The lowest BCUT2D eigenvalue weighted by atomic mass is 9.90. The average molecular weight is 406 g/mol. The molecule has 2 atom stereocenters. The lowest BCUT2D eigenvalue weighted by molar-refractivity contribution is -0.143. The van der Waals surface area contributed by atoms with E-state index in [-0.39, 0.29) is 12.0 Å². The minimum atomic E-state index is -0.709. The SMILES string of the molecule is O=C(O)C1CCCN(C(c2ccc(-c3ccccc3)cc2)c2cccc(Cl)c2)C1. The van der Waals surface area contributed by atoms with Crippen molar-refractivity contribution in [2.24, 2.45) is 5.92 Å². The zero-order chi connectivity index (χ0) is 20.2. The molecule has 1 N–H and O–H groups in total. The largest absolute Gasteiger partial charge is 0.481 e. The average Bonchev–Trinajstić information content (AvgIpc) is 2.75. The van der Waals surface area contributed by atoms with Crippen molar-refractivity contribution in [1.29, 1.82) is 0 Å². The molecule has 3 nitrogen and oxygen atoms in total. The molecule has 0 aromatic heterocycles. The molecule has 2 unspecified atom stereocenters. The molecule has 29 heavy (non-hydrogen) atoms. The lowest BCUT2D eigenvalue weighted by Gasteiger charge is -2.37. The molecule has 0 aliphatic carbocycles. The Morgan fingerprint density at radius 1 is 0.931 bits per heavy atom. The molecule has 0 radical (unpaired) electrons. The maximum absolute atomic E-state index is 11.6. The summed E-state index contributed by atoms with van der Waals surface area (Å²) in [7, 11) is 0. The molecule has 0 saturated carbocycles. The second kappa shape index (κ2) is 8.81. The Kier molecular flexibility index (Phi) is 5.98. The number of nitrogens with zero attached hydrogens (tertiary/aromatic N) is 1. The van der Waals surface area contributed by atoms with Gasteiger partial charge in [0.1, 0.15) is 0 Å². The van der Waals surface area contributed by atoms with Crippen molar-refractivity contribution >= 4 is 17.6 Å². The van der Waals surface area contributed by atoms with Crippen molar-refractivity contribution in [2.75, 3.05) is 13.1 Å². The number of hydrogen-bond acceptors (Lipinski definition) is 2. The number of piperidine rings is 1. The fourth-order valence-electron chi connectivity index (χ4n) is 4.22. The topological polar surface area (TPSA) is 40.5 Å². The van der Waals surface area contributed by atoms with Crippen LogP contribution in [-0.2, 0) is 4.79 Å². The van der Waals surface area contributed by atoms with Gasteiger partial charge in [-0.3, -0.25) is 9.69 Å². The van der Waals surface area contributed by atoms with Crippen LogP contribution in [0, 0.1) is 5.92 Å². The normalized spacial score (nSPS) is 18.3. The molecule has 3 aromatic rings. The van der Waals surface area contributed by atoms with E-state index in [1.807, 2.05) is 36.4 Å². The molecule has 3 aromatic carbocycles. The van der Waals surface area contributed by atoms with E-state index in [9.17, 15) is 9.90 Å². The predicted molar refractivity (Wildman–Crippen MR) is 117 cm³/mol. The monoisotopic (exact) mass is 405 g/mol. The summed E-state index contributed by atoms with van der Waals surface area (Å²) in [5.74, 6) is -1.03. The van der Waals surface area contributed by atoms with Crippen LogP contribution in [-0.4, -0.2) is 29.1 Å². The first kappa shape index (κ1) is 19.7. The molecule has 148 valence electrons. The highest BCUT2D eigenvalue weighted by Crippen LogP contribution is 2.34. The van der Waals surface area contributed by atoms with E-state index >= 15 is 0 Å². The van der Waals surface area contributed by atoms with Gasteiger partial charge >= 0.3 is 5.97 Å². The Balaban J connectivity index is 1.69. The van der Waals surface area contributed by atoms with Gasteiger partial charge in [-0.1, -0.05) is 78.3 Å². The number of carboxylic acid groups (broad SMARTS) is 1. The van der Waals surface area contributed by atoms with Gasteiger partial charge in [-0.25, -0.2) is 0 Å². The van der Waals surface area contributed by atoms with Crippen LogP contribution in [0.1, 0.15) is 30.0 Å². The third-order valence-electron chi connectivity index (χ3n) is 5.67. The van der Waals surface area contributed by atoms with Gasteiger partial charge in [0.2, 0.25) is 0 Å². The molecule has 0 spiro atoms. The minimum absolute atomic E-state index is 0.0133. The Bertz CT molecular complexity index is 972. The highest BCUT2D eigenvalue weighted by atomic mass is 35.5. The van der Waals surface area contributed by atoms with E-state index in [2.05, 4.69) is 47.4 Å². The summed E-state index contributed by atoms with van der Waals surface area (Å²) >= 11 is 6.29. The van der Waals surface area contributed by atoms with Gasteiger partial charge in [-0.15, -0.1) is 0 Å². The van der Waals surface area contributed by atoms with Gasteiger partial charge in [-0.2, -0.15) is 0 Å². The minimum Gasteiger partial charge on any atom is -0.481 e. The van der Waals surface area contributed by atoms with Crippen LogP contribution in [0.3, 0.4) is 0 Å². The van der Waals surface area contributed by atoms with E-state index in [4.69, 9.17) is 11.6 Å². The maximum atomic E-state index is 11.6. The quantitative estimate of drug-likeness (QED) is 0.575. The number of halogens is 1. The second-order valence-electron chi connectivity index (χ2n) is 7.62. The maximum Gasteiger partial charge on any atom is 0.307 e. The molecule has 4 heteroatoms. The molecule has 0 amide bonds. The van der Waals surface area contributed by atoms with Crippen LogP contribution in [0.4, 0.5) is 0 Å². The highest BCUT2D eigenvalue weighted by Gasteiger charge is 2.31. The fourth-order valence-corrected chi connectivity index (χ4v) is 4.42. The van der Waals surface area contributed by atoms with Crippen molar-refractivity contribution in [3.63, 3.8) is 0 Å². The zero-order valence-corrected chi connectivity index (χ0v) is 16.9. The van der Waals surface area contributed by atoms with E-state index in [1.54, 1.807) is 0 Å². The molecular formula is C25H24ClNO2. The molecule has 4 rings (SSSR count). The molecule has 1 saturated heterocycles. The number of aliphatic carboxylic acids is 1. The number of rotatable bonds is 5. The van der Waals surface area contributed by atoms with E-state index in [1.165, 1.54) is 11.1 Å². The Morgan fingerprint density at radius 2 is 1.66 bits per heavy atom. The van der Waals surface area contributed by atoms with E-state index < -0.39 is 5.97 Å². The summed E-state index contributed by atoms with van der Waals surface area (Å²) in [6.07, 6.45) is 1.62. The van der Waals surface area contributed by atoms with E-state index in [0.717, 1.165) is 30.5 Å². The van der Waals surface area contributed by atoms with Crippen LogP contribution in [0.2, 0.25) is 5.02 Å². The third kappa shape index (κ3) is 4.52. The Morgan fingerprint density at radius 3 is 2.34 bits per heavy atom. The van der Waals surface area contributed by atoms with Crippen LogP contribution in [0.5, 0.6) is 0 Å². The number of hydrogen-bond donors (Lipinski definition) is 1. The third-order valence-corrected chi connectivity index (χ3v) is 5.90. The standard InChI is InChI=1S/C25H24ClNO2/c26-23-10-4-8-21(16-23)24(27-15-5-9-22(17-27)25(28)29)20-13-11-19(12-14-20)18-6-2-1-3-7-18/h1-4,6-8,10-14,16,22,24H,5,9,15,17H2,(H,28,29). The smallest absolute Gasteiger partial charge is 0.307 e. The predicted octanol–water partition coefficient (Wildman–Crippen LogP) is 5.89. The van der Waals surface area contributed by atoms with Gasteiger partial charge in [0.05, 0.1) is 12.0 Å². The van der Waals surface area contributed by atoms with Crippen LogP contribution in [0.25, 0.3) is 11.1 Å². The first-order valence-corrected chi connectivity index (χ1v) is 10.4. The highest BCUT2D eigenvalue weighted by molar-refractivity contribution is 6.30. The van der Waals surface area contributed by atoms with Gasteiger partial charge in [0.25, 0.3) is 0 Å². The van der Waals surface area contributed by atoms with Gasteiger partial charge < -0.3 is 5.11 Å². The van der Waals surface area contributed by atoms with Crippen LogP contribution < -0.4 is 0 Å². The number of carboxylic acids is 1. The molecule has 1 aliphatic rings. The lowest BCUT2D eigenvalue weighted by Crippen LogP contribution is -2.41. The summed E-state index contributed by atoms with van der Waals surface area (Å²) < 4.78 is 0. The first-order valence-electron chi connectivity index (χ1n) is 9.99. The Labute approximate surface area is 176 Å². The van der Waals surface area contributed by atoms with Crippen molar-refractivity contribution in [3.8, 4) is 11.1 Å². The summed E-state index contributed by atoms with van der Waals surface area (Å²) in [6, 6.07) is 26.8. The van der Waals surface area contributed by atoms with Crippen molar-refractivity contribution in [2.45, 2.75) is 18.9 Å². The molecule has 1 heterocycles. The molecule has 1 fully saturated rings. The first-order chi connectivity index (χ1) is 14.1. The number of likely N-dealkylation sites (tertiary alicyclic amines) is 1. The summed E-state index contributed by atoms with van der Waals surface area (Å²) in [6.45, 7) is 1.42. The summed E-state index contributed by atoms with van der Waals surface area (Å²) in [5.41, 5.74) is 4.59. The van der Waals surface area contributed by atoms with Gasteiger partial charge in [0, 0.05) is 11.6 Å².